The number of aromatic amines is 1. The van der Waals surface area contributed by atoms with Gasteiger partial charge in [0.05, 0.1) is 18.7 Å². The summed E-state index contributed by atoms with van der Waals surface area (Å²) < 4.78 is 19.2. The molecule has 3 aromatic rings. The molecular weight excluding hydrogens is 221 g/mol. The summed E-state index contributed by atoms with van der Waals surface area (Å²) in [7, 11) is 1.58. The van der Waals surface area contributed by atoms with E-state index >= 15 is 0 Å². The van der Waals surface area contributed by atoms with E-state index in [2.05, 4.69) is 15.2 Å². The highest BCUT2D eigenvalue weighted by Crippen LogP contribution is 2.35. The number of halogens is 1. The Balaban J connectivity index is 2.63. The lowest BCUT2D eigenvalue weighted by molar-refractivity contribution is 0.416. The fourth-order valence-corrected chi connectivity index (χ4v) is 2.12. The van der Waals surface area contributed by atoms with E-state index in [4.69, 9.17) is 4.74 Å². The predicted molar refractivity (Wildman–Crippen MR) is 62.6 cm³/mol. The molecule has 0 fully saturated rings. The van der Waals surface area contributed by atoms with Crippen molar-refractivity contribution in [3.05, 3.63) is 29.8 Å². The number of fused-ring (bicyclic) bond motifs is 3. The van der Waals surface area contributed by atoms with Crippen molar-refractivity contribution in [3.63, 3.8) is 0 Å². The number of H-pyrrole nitrogens is 1. The van der Waals surface area contributed by atoms with Crippen molar-refractivity contribution in [3.8, 4) is 5.75 Å². The van der Waals surface area contributed by atoms with E-state index < -0.39 is 0 Å². The Hall–Kier alpha value is -2.17. The van der Waals surface area contributed by atoms with Gasteiger partial charge in [0.1, 0.15) is 11.6 Å². The standard InChI is InChI=1S/C12H10FN3O/c1-6-3-9(13)7-4-14-12-8(5-15-16-12)10(7)11(6)17-2/h3-5H,1-2H3,(H,14,15,16). The second kappa shape index (κ2) is 3.41. The van der Waals surface area contributed by atoms with Crippen LogP contribution in [0, 0.1) is 12.7 Å². The Bertz CT molecular complexity index is 720. The van der Waals surface area contributed by atoms with Gasteiger partial charge in [0.25, 0.3) is 0 Å². The van der Waals surface area contributed by atoms with Crippen molar-refractivity contribution in [1.82, 2.24) is 15.2 Å². The van der Waals surface area contributed by atoms with Crippen LogP contribution in [0.1, 0.15) is 5.56 Å². The third-order valence-corrected chi connectivity index (χ3v) is 2.87. The van der Waals surface area contributed by atoms with E-state index in [-0.39, 0.29) is 5.82 Å². The molecule has 0 atom stereocenters. The molecule has 0 amide bonds. The minimum absolute atomic E-state index is 0.297. The van der Waals surface area contributed by atoms with Gasteiger partial charge < -0.3 is 4.74 Å². The first-order chi connectivity index (χ1) is 8.22. The zero-order valence-corrected chi connectivity index (χ0v) is 9.41. The molecule has 5 heteroatoms. The van der Waals surface area contributed by atoms with E-state index in [9.17, 15) is 4.39 Å². The second-order valence-corrected chi connectivity index (χ2v) is 3.89. The van der Waals surface area contributed by atoms with E-state index in [1.54, 1.807) is 13.3 Å². The van der Waals surface area contributed by atoms with Gasteiger partial charge in [-0.15, -0.1) is 0 Å². The van der Waals surface area contributed by atoms with Crippen molar-refractivity contribution in [2.45, 2.75) is 6.92 Å². The minimum Gasteiger partial charge on any atom is -0.496 e. The number of hydrogen-bond acceptors (Lipinski definition) is 3. The van der Waals surface area contributed by atoms with Crippen molar-refractivity contribution in [1.29, 1.82) is 0 Å². The van der Waals surface area contributed by atoms with Crippen molar-refractivity contribution >= 4 is 21.8 Å². The molecule has 1 aromatic carbocycles. The Morgan fingerprint density at radius 1 is 1.29 bits per heavy atom. The van der Waals surface area contributed by atoms with Crippen LogP contribution in [0.2, 0.25) is 0 Å². The highest BCUT2D eigenvalue weighted by molar-refractivity contribution is 6.08. The number of methoxy groups -OCH3 is 1. The number of hydrogen-bond donors (Lipinski definition) is 1. The molecule has 0 spiro atoms. The SMILES string of the molecule is COc1c(C)cc(F)c2cnc3[nH]ncc3c12. The van der Waals surface area contributed by atoms with Crippen LogP contribution in [0.15, 0.2) is 18.5 Å². The third-order valence-electron chi connectivity index (χ3n) is 2.87. The number of aryl methyl sites for hydroxylation is 1. The van der Waals surface area contributed by atoms with Gasteiger partial charge in [0.15, 0.2) is 5.65 Å². The molecule has 0 unspecified atom stereocenters. The molecule has 0 aliphatic rings. The van der Waals surface area contributed by atoms with E-state index in [0.717, 1.165) is 10.9 Å². The second-order valence-electron chi connectivity index (χ2n) is 3.89. The Labute approximate surface area is 96.4 Å². The van der Waals surface area contributed by atoms with Crippen LogP contribution in [-0.4, -0.2) is 22.3 Å². The van der Waals surface area contributed by atoms with Crippen molar-refractivity contribution < 1.29 is 9.13 Å². The molecule has 0 aliphatic heterocycles. The lowest BCUT2D eigenvalue weighted by Gasteiger charge is -2.10. The maximum Gasteiger partial charge on any atom is 0.155 e. The number of rotatable bonds is 1. The number of nitrogens with zero attached hydrogens (tertiary/aromatic N) is 2. The normalized spacial score (nSPS) is 11.2. The first-order valence-corrected chi connectivity index (χ1v) is 5.17. The largest absolute Gasteiger partial charge is 0.496 e. The zero-order chi connectivity index (χ0) is 12.0. The molecule has 4 nitrogen and oxygen atoms in total. The molecule has 17 heavy (non-hydrogen) atoms. The number of benzene rings is 1. The number of aromatic nitrogens is 3. The molecule has 0 saturated carbocycles. The highest BCUT2D eigenvalue weighted by Gasteiger charge is 2.14. The van der Waals surface area contributed by atoms with Gasteiger partial charge in [-0.2, -0.15) is 5.10 Å². The van der Waals surface area contributed by atoms with Crippen LogP contribution in [0.3, 0.4) is 0 Å². The van der Waals surface area contributed by atoms with Gasteiger partial charge in [0.2, 0.25) is 0 Å². The van der Waals surface area contributed by atoms with E-state index in [1.807, 2.05) is 6.92 Å². The average molecular weight is 231 g/mol. The van der Waals surface area contributed by atoms with Crippen LogP contribution < -0.4 is 4.74 Å². The maximum absolute atomic E-state index is 13.9. The number of nitrogens with one attached hydrogen (secondary N) is 1. The van der Waals surface area contributed by atoms with Crippen LogP contribution in [-0.2, 0) is 0 Å². The van der Waals surface area contributed by atoms with Crippen LogP contribution >= 0.6 is 0 Å². The molecule has 1 N–H and O–H groups in total. The summed E-state index contributed by atoms with van der Waals surface area (Å²) >= 11 is 0. The summed E-state index contributed by atoms with van der Waals surface area (Å²) in [5.41, 5.74) is 1.38. The number of ether oxygens (including phenoxy) is 1. The average Bonchev–Trinajstić information content (AvgIpc) is 2.77. The van der Waals surface area contributed by atoms with Gasteiger partial charge in [-0.1, -0.05) is 0 Å². The fourth-order valence-electron chi connectivity index (χ4n) is 2.12. The molecule has 0 radical (unpaired) electrons. The number of pyridine rings is 1. The highest BCUT2D eigenvalue weighted by atomic mass is 19.1. The third kappa shape index (κ3) is 1.28. The molecule has 2 aromatic heterocycles. The molecule has 2 heterocycles. The lowest BCUT2D eigenvalue weighted by atomic mass is 10.0. The maximum atomic E-state index is 13.9. The molecule has 0 aliphatic carbocycles. The van der Waals surface area contributed by atoms with E-state index in [0.29, 0.717) is 22.2 Å². The van der Waals surface area contributed by atoms with Gasteiger partial charge in [-0.05, 0) is 18.6 Å². The van der Waals surface area contributed by atoms with Crippen molar-refractivity contribution in [2.75, 3.05) is 7.11 Å². The summed E-state index contributed by atoms with van der Waals surface area (Å²) in [6.07, 6.45) is 3.12. The molecule has 3 rings (SSSR count). The van der Waals surface area contributed by atoms with Crippen molar-refractivity contribution in [2.24, 2.45) is 0 Å². The van der Waals surface area contributed by atoms with Gasteiger partial charge >= 0.3 is 0 Å². The quantitative estimate of drug-likeness (QED) is 0.700. The summed E-state index contributed by atoms with van der Waals surface area (Å²) in [6.45, 7) is 1.81. The van der Waals surface area contributed by atoms with Gasteiger partial charge in [-0.25, -0.2) is 9.37 Å². The Kier molecular flexibility index (Phi) is 2.01. The van der Waals surface area contributed by atoms with Crippen LogP contribution in [0.5, 0.6) is 5.75 Å². The van der Waals surface area contributed by atoms with Gasteiger partial charge in [-0.3, -0.25) is 5.10 Å². The molecule has 0 saturated heterocycles. The first-order valence-electron chi connectivity index (χ1n) is 5.17. The Morgan fingerprint density at radius 3 is 2.88 bits per heavy atom. The summed E-state index contributed by atoms with van der Waals surface area (Å²) in [5, 5.41) is 8.61. The predicted octanol–water partition coefficient (Wildman–Crippen LogP) is 2.57. The van der Waals surface area contributed by atoms with E-state index in [1.165, 1.54) is 12.3 Å². The zero-order valence-electron chi connectivity index (χ0n) is 9.41. The van der Waals surface area contributed by atoms with Crippen LogP contribution in [0.25, 0.3) is 21.8 Å². The molecule has 86 valence electrons. The summed E-state index contributed by atoms with van der Waals surface area (Å²) in [5.74, 6) is 0.365. The van der Waals surface area contributed by atoms with Gasteiger partial charge in [0, 0.05) is 17.0 Å². The van der Waals surface area contributed by atoms with Crippen LogP contribution in [0.4, 0.5) is 4.39 Å². The summed E-state index contributed by atoms with van der Waals surface area (Å²) in [4.78, 5) is 4.12. The topological polar surface area (TPSA) is 50.8 Å². The summed E-state index contributed by atoms with van der Waals surface area (Å²) in [6, 6.07) is 1.45. The molecule has 0 bridgehead atoms. The monoisotopic (exact) mass is 231 g/mol. The fraction of sp³-hybridized carbons (Fsp3) is 0.167. The Morgan fingerprint density at radius 2 is 2.12 bits per heavy atom. The lowest BCUT2D eigenvalue weighted by Crippen LogP contribution is -1.93. The molecular formula is C12H10FN3O. The minimum atomic E-state index is -0.297. The first kappa shape index (κ1) is 10.0. The smallest absolute Gasteiger partial charge is 0.155 e.